The molecule has 5 heteroatoms. The number of nitrogens with two attached hydrogens (primary N) is 1. The maximum Gasteiger partial charge on any atom is 0.180 e. The van der Waals surface area contributed by atoms with Crippen molar-refractivity contribution in [2.24, 2.45) is 10.7 Å². The van der Waals surface area contributed by atoms with Crippen LogP contribution in [0.3, 0.4) is 0 Å². The van der Waals surface area contributed by atoms with E-state index in [2.05, 4.69) is 53.5 Å². The van der Waals surface area contributed by atoms with E-state index in [1.807, 2.05) is 65.1 Å². The van der Waals surface area contributed by atoms with Crippen LogP contribution >= 0.6 is 0 Å². The van der Waals surface area contributed by atoms with Crippen molar-refractivity contribution in [2.75, 3.05) is 33.2 Å². The van der Waals surface area contributed by atoms with Crippen molar-refractivity contribution in [1.82, 2.24) is 10.2 Å². The fraction of sp³-hybridized carbons (Fsp3) is 0.560. The second kappa shape index (κ2) is 18.9. The lowest BCUT2D eigenvalue weighted by Crippen LogP contribution is -2.32. The Bertz CT molecular complexity index is 564. The Morgan fingerprint density at radius 2 is 1.80 bits per heavy atom. The monoisotopic (exact) mass is 418 g/mol. The lowest BCUT2D eigenvalue weighted by molar-refractivity contribution is 0.110. The molecule has 0 spiro atoms. The summed E-state index contributed by atoms with van der Waals surface area (Å²) in [4.78, 5) is 7.02. The van der Waals surface area contributed by atoms with Crippen molar-refractivity contribution in [3.8, 4) is 0 Å². The summed E-state index contributed by atoms with van der Waals surface area (Å²) >= 11 is 0. The number of hydrogen-bond acceptors (Lipinski definition) is 5. The molecule has 0 aromatic carbocycles. The molecule has 0 fully saturated rings. The first-order valence-electron chi connectivity index (χ1n) is 11.1. The second-order valence-electron chi connectivity index (χ2n) is 6.45. The van der Waals surface area contributed by atoms with E-state index in [9.17, 15) is 0 Å². The smallest absolute Gasteiger partial charge is 0.180 e. The number of rotatable bonds is 11. The molecule has 0 amide bonds. The first kappa shape index (κ1) is 30.1. The molecule has 0 bridgehead atoms. The predicted molar refractivity (Wildman–Crippen MR) is 135 cm³/mol. The normalized spacial score (nSPS) is 18.1. The van der Waals surface area contributed by atoms with Gasteiger partial charge in [-0.15, -0.1) is 0 Å². The SMILES string of the molecule is C=C(NCCCN(CC)CC)OC1(C)C=CC(/C=C\C)=C(/C=C\C)N=C1.CC.CN. The lowest BCUT2D eigenvalue weighted by atomic mass is 10.1. The lowest BCUT2D eigenvalue weighted by Gasteiger charge is -2.25. The predicted octanol–water partition coefficient (Wildman–Crippen LogP) is 5.20. The molecule has 3 N–H and O–H groups in total. The summed E-state index contributed by atoms with van der Waals surface area (Å²) in [5, 5.41) is 3.27. The summed E-state index contributed by atoms with van der Waals surface area (Å²) < 4.78 is 6.04. The Morgan fingerprint density at radius 3 is 2.33 bits per heavy atom. The van der Waals surface area contributed by atoms with Crippen LogP contribution in [0.1, 0.15) is 54.9 Å². The number of nitrogens with zero attached hydrogens (tertiary/aromatic N) is 2. The Balaban J connectivity index is 0. The van der Waals surface area contributed by atoms with Gasteiger partial charge in [-0.2, -0.15) is 0 Å². The van der Waals surface area contributed by atoms with Crippen molar-refractivity contribution in [2.45, 2.75) is 60.5 Å². The molecule has 0 aromatic rings. The molecule has 0 saturated heterocycles. The van der Waals surface area contributed by atoms with Crippen molar-refractivity contribution in [3.63, 3.8) is 0 Å². The molecule has 1 heterocycles. The van der Waals surface area contributed by atoms with Gasteiger partial charge in [0.1, 0.15) is 0 Å². The average molecular weight is 419 g/mol. The fourth-order valence-electron chi connectivity index (χ4n) is 2.71. The van der Waals surface area contributed by atoms with Crippen LogP contribution in [0.5, 0.6) is 0 Å². The maximum absolute atomic E-state index is 6.04. The van der Waals surface area contributed by atoms with Crippen LogP contribution in [-0.4, -0.2) is 49.9 Å². The molecule has 30 heavy (non-hydrogen) atoms. The van der Waals surface area contributed by atoms with Crippen LogP contribution in [0.2, 0.25) is 0 Å². The van der Waals surface area contributed by atoms with Crippen LogP contribution < -0.4 is 11.1 Å². The largest absolute Gasteiger partial charge is 0.464 e. The molecule has 0 saturated carbocycles. The van der Waals surface area contributed by atoms with E-state index < -0.39 is 5.60 Å². The van der Waals surface area contributed by atoms with Gasteiger partial charge in [-0.05, 0) is 78.2 Å². The Kier molecular flexibility index (Phi) is 18.9. The first-order chi connectivity index (χ1) is 14.5. The van der Waals surface area contributed by atoms with Gasteiger partial charge in [0.25, 0.3) is 0 Å². The van der Waals surface area contributed by atoms with Gasteiger partial charge < -0.3 is 20.7 Å². The minimum atomic E-state index is -0.626. The van der Waals surface area contributed by atoms with E-state index in [4.69, 9.17) is 4.74 Å². The minimum absolute atomic E-state index is 0.574. The molecule has 1 atom stereocenters. The number of nitrogens with one attached hydrogen (secondary N) is 1. The molecule has 0 aliphatic carbocycles. The molecule has 1 unspecified atom stereocenters. The number of allylic oxidation sites excluding steroid dienone is 6. The maximum atomic E-state index is 6.04. The van der Waals surface area contributed by atoms with Gasteiger partial charge in [0, 0.05) is 6.54 Å². The highest BCUT2D eigenvalue weighted by atomic mass is 16.5. The quantitative estimate of drug-likeness (QED) is 0.357. The molecular formula is C25H46N4O. The van der Waals surface area contributed by atoms with Gasteiger partial charge in [-0.3, -0.25) is 4.99 Å². The molecule has 0 aromatic heterocycles. The van der Waals surface area contributed by atoms with Crippen molar-refractivity contribution in [3.05, 3.63) is 60.2 Å². The molecule has 5 nitrogen and oxygen atoms in total. The van der Waals surface area contributed by atoms with E-state index in [0.717, 1.165) is 43.9 Å². The van der Waals surface area contributed by atoms with E-state index in [1.165, 1.54) is 7.05 Å². The van der Waals surface area contributed by atoms with Crippen LogP contribution in [0.4, 0.5) is 0 Å². The second-order valence-corrected chi connectivity index (χ2v) is 6.45. The molecular weight excluding hydrogens is 372 g/mol. The first-order valence-corrected chi connectivity index (χ1v) is 11.1. The highest BCUT2D eigenvalue weighted by molar-refractivity contribution is 5.75. The highest BCUT2D eigenvalue weighted by Gasteiger charge is 2.23. The zero-order valence-electron chi connectivity index (χ0n) is 20.7. The summed E-state index contributed by atoms with van der Waals surface area (Å²) in [6, 6.07) is 0. The molecule has 0 radical (unpaired) electrons. The standard InChI is InChI=1S/C22H35N3O.C2H6.CH5N/c1-7-12-20-14-15-22(6,18-24-21(20)13-8-2)26-19(5)23-16-11-17-25(9-3)10-4;2*1-2/h7-8,12-15,18,23H,5,9-11,16-17H2,1-4,6H3;1-2H3;2H2,1H3/b12-7-,13-8-;;. The summed E-state index contributed by atoms with van der Waals surface area (Å²) in [7, 11) is 1.50. The number of aliphatic imine (C=N–C) groups is 1. The Morgan fingerprint density at radius 1 is 1.20 bits per heavy atom. The van der Waals surface area contributed by atoms with E-state index in [-0.39, 0.29) is 0 Å². The van der Waals surface area contributed by atoms with Crippen LogP contribution in [0, 0.1) is 0 Å². The number of hydrogen-bond donors (Lipinski definition) is 2. The summed E-state index contributed by atoms with van der Waals surface area (Å²) in [5.41, 5.74) is 5.86. The van der Waals surface area contributed by atoms with Crippen molar-refractivity contribution >= 4 is 6.21 Å². The summed E-state index contributed by atoms with van der Waals surface area (Å²) in [6.07, 6.45) is 15.0. The third-order valence-electron chi connectivity index (χ3n) is 4.23. The van der Waals surface area contributed by atoms with Gasteiger partial charge in [0.15, 0.2) is 11.5 Å². The molecule has 1 aliphatic heterocycles. The molecule has 1 aliphatic rings. The van der Waals surface area contributed by atoms with Gasteiger partial charge in [0.05, 0.1) is 11.9 Å². The van der Waals surface area contributed by atoms with Crippen molar-refractivity contribution < 1.29 is 4.74 Å². The van der Waals surface area contributed by atoms with Crippen LogP contribution in [0.15, 0.2) is 65.2 Å². The van der Waals surface area contributed by atoms with Gasteiger partial charge >= 0.3 is 0 Å². The van der Waals surface area contributed by atoms with E-state index in [1.54, 1.807) is 0 Å². The third-order valence-corrected chi connectivity index (χ3v) is 4.23. The van der Waals surface area contributed by atoms with Gasteiger partial charge in [-0.1, -0.05) is 52.0 Å². The third kappa shape index (κ3) is 12.5. The Labute approximate surface area is 186 Å². The summed E-state index contributed by atoms with van der Waals surface area (Å²) in [5.74, 6) is 0.574. The van der Waals surface area contributed by atoms with E-state index in [0.29, 0.717) is 5.88 Å². The minimum Gasteiger partial charge on any atom is -0.464 e. The van der Waals surface area contributed by atoms with Crippen LogP contribution in [-0.2, 0) is 4.74 Å². The topological polar surface area (TPSA) is 62.9 Å². The Hall–Kier alpha value is -2.11. The molecule has 172 valence electrons. The number of ether oxygens (including phenoxy) is 1. The zero-order valence-corrected chi connectivity index (χ0v) is 20.7. The van der Waals surface area contributed by atoms with Gasteiger partial charge in [0.2, 0.25) is 0 Å². The summed E-state index contributed by atoms with van der Waals surface area (Å²) in [6.45, 7) is 22.5. The zero-order chi connectivity index (χ0) is 23.4. The van der Waals surface area contributed by atoms with E-state index >= 15 is 0 Å². The highest BCUT2D eigenvalue weighted by Crippen LogP contribution is 2.22. The van der Waals surface area contributed by atoms with Gasteiger partial charge in [-0.25, -0.2) is 0 Å². The fourth-order valence-corrected chi connectivity index (χ4v) is 2.71. The van der Waals surface area contributed by atoms with Crippen molar-refractivity contribution in [1.29, 1.82) is 0 Å². The molecule has 1 rings (SSSR count). The van der Waals surface area contributed by atoms with Crippen LogP contribution in [0.25, 0.3) is 0 Å². The average Bonchev–Trinajstić information content (AvgIpc) is 2.91.